The molecule has 2 rings (SSSR count). The van der Waals surface area contributed by atoms with Crippen molar-refractivity contribution in [2.24, 2.45) is 0 Å². The fourth-order valence-electron chi connectivity index (χ4n) is 2.52. The topological polar surface area (TPSA) is 85.2 Å². The summed E-state index contributed by atoms with van der Waals surface area (Å²) < 4.78 is 0. The molecule has 2 atom stereocenters. The van der Waals surface area contributed by atoms with Gasteiger partial charge in [-0.1, -0.05) is 11.6 Å². The Morgan fingerprint density at radius 2 is 2.32 bits per heavy atom. The maximum Gasteiger partial charge on any atom is 0.317 e. The molecular formula is C14H19ClN6O. The van der Waals surface area contributed by atoms with E-state index in [2.05, 4.69) is 20.2 Å². The molecule has 0 spiro atoms. The summed E-state index contributed by atoms with van der Waals surface area (Å²) in [5.41, 5.74) is 0.118. The summed E-state index contributed by atoms with van der Waals surface area (Å²) in [6.45, 7) is 2.85. The van der Waals surface area contributed by atoms with Crippen LogP contribution in [0.2, 0.25) is 5.15 Å². The van der Waals surface area contributed by atoms with Gasteiger partial charge in [0.05, 0.1) is 12.2 Å². The van der Waals surface area contributed by atoms with Crippen LogP contribution in [0.25, 0.3) is 0 Å². The molecule has 8 heteroatoms. The van der Waals surface area contributed by atoms with Crippen molar-refractivity contribution >= 4 is 23.4 Å². The molecule has 2 heterocycles. The largest absolute Gasteiger partial charge is 0.351 e. The third-order valence-electron chi connectivity index (χ3n) is 3.82. The average molecular weight is 323 g/mol. The molecule has 0 bridgehead atoms. The van der Waals surface area contributed by atoms with E-state index in [1.807, 2.05) is 13.0 Å². The lowest BCUT2D eigenvalue weighted by atomic mass is 9.97. The SMILES string of the molecule is CC1C(NC(=O)N(C)C)CCCN1c1cnc(C#N)c(Cl)n1. The first-order valence-electron chi connectivity index (χ1n) is 7.11. The van der Waals surface area contributed by atoms with Crippen LogP contribution in [0.3, 0.4) is 0 Å². The van der Waals surface area contributed by atoms with Crippen LogP contribution in [0.4, 0.5) is 10.6 Å². The first-order chi connectivity index (χ1) is 10.4. The molecule has 7 nitrogen and oxygen atoms in total. The number of aromatic nitrogens is 2. The quantitative estimate of drug-likeness (QED) is 0.894. The van der Waals surface area contributed by atoms with Crippen LogP contribution in [-0.2, 0) is 0 Å². The Balaban J connectivity index is 2.16. The van der Waals surface area contributed by atoms with Crippen LogP contribution in [0.15, 0.2) is 6.20 Å². The van der Waals surface area contributed by atoms with Crippen LogP contribution >= 0.6 is 11.6 Å². The van der Waals surface area contributed by atoms with Crippen molar-refractivity contribution in [1.29, 1.82) is 5.26 Å². The number of nitrogens with one attached hydrogen (secondary N) is 1. The second kappa shape index (κ2) is 6.79. The van der Waals surface area contributed by atoms with Gasteiger partial charge in [-0.2, -0.15) is 5.26 Å². The number of hydrogen-bond acceptors (Lipinski definition) is 5. The van der Waals surface area contributed by atoms with Crippen molar-refractivity contribution in [2.75, 3.05) is 25.5 Å². The Kier molecular flexibility index (Phi) is 5.03. The Morgan fingerprint density at radius 3 is 2.91 bits per heavy atom. The number of carbonyl (C=O) groups is 1. The van der Waals surface area contributed by atoms with E-state index >= 15 is 0 Å². The number of halogens is 1. The van der Waals surface area contributed by atoms with E-state index in [-0.39, 0.29) is 29.0 Å². The number of nitrogens with zero attached hydrogens (tertiary/aromatic N) is 5. The Morgan fingerprint density at radius 1 is 1.59 bits per heavy atom. The van der Waals surface area contributed by atoms with E-state index in [1.165, 1.54) is 4.90 Å². The molecular weight excluding hydrogens is 304 g/mol. The number of urea groups is 1. The van der Waals surface area contributed by atoms with Gasteiger partial charge in [-0.25, -0.2) is 14.8 Å². The molecule has 1 aromatic rings. The maximum absolute atomic E-state index is 11.8. The minimum Gasteiger partial charge on any atom is -0.351 e. The number of piperidine rings is 1. The van der Waals surface area contributed by atoms with Gasteiger partial charge in [0.1, 0.15) is 11.9 Å². The van der Waals surface area contributed by atoms with Crippen LogP contribution in [0, 0.1) is 11.3 Å². The van der Waals surface area contributed by atoms with Gasteiger partial charge >= 0.3 is 6.03 Å². The third-order valence-corrected chi connectivity index (χ3v) is 4.08. The minimum absolute atomic E-state index is 0.0277. The van der Waals surface area contributed by atoms with Crippen molar-refractivity contribution < 1.29 is 4.79 Å². The molecule has 0 aromatic carbocycles. The van der Waals surface area contributed by atoms with Gasteiger partial charge in [-0.15, -0.1) is 0 Å². The minimum atomic E-state index is -0.109. The predicted octanol–water partition coefficient (Wildman–Crippen LogP) is 1.63. The normalized spacial score (nSPS) is 21.1. The summed E-state index contributed by atoms with van der Waals surface area (Å²) in [5.74, 6) is 0.625. The first-order valence-corrected chi connectivity index (χ1v) is 7.49. The van der Waals surface area contributed by atoms with Crippen molar-refractivity contribution in [1.82, 2.24) is 20.2 Å². The summed E-state index contributed by atoms with van der Waals surface area (Å²) in [5, 5.41) is 12.0. The number of carbonyl (C=O) groups excluding carboxylic acids is 1. The Labute approximate surface area is 134 Å². The number of anilines is 1. The molecule has 1 saturated heterocycles. The molecule has 2 unspecified atom stereocenters. The first kappa shape index (κ1) is 16.3. The molecule has 1 aliphatic rings. The fraction of sp³-hybridized carbons (Fsp3) is 0.571. The summed E-state index contributed by atoms with van der Waals surface area (Å²) in [4.78, 5) is 23.7. The van der Waals surface area contributed by atoms with Gasteiger partial charge in [-0.05, 0) is 19.8 Å². The summed E-state index contributed by atoms with van der Waals surface area (Å²) in [7, 11) is 3.43. The van der Waals surface area contributed by atoms with Gasteiger partial charge in [-0.3, -0.25) is 0 Å². The van der Waals surface area contributed by atoms with E-state index in [9.17, 15) is 4.79 Å². The number of rotatable bonds is 2. The summed E-state index contributed by atoms with van der Waals surface area (Å²) >= 11 is 5.96. The van der Waals surface area contributed by atoms with Crippen LogP contribution < -0.4 is 10.2 Å². The fourth-order valence-corrected chi connectivity index (χ4v) is 2.70. The average Bonchev–Trinajstić information content (AvgIpc) is 2.49. The highest BCUT2D eigenvalue weighted by Crippen LogP contribution is 2.24. The molecule has 0 radical (unpaired) electrons. The standard InChI is InChI=1S/C14H19ClN6O/c1-9-10(18-14(22)20(2)3)5-4-6-21(9)12-8-17-11(7-16)13(15)19-12/h8-10H,4-6H2,1-3H3,(H,18,22). The lowest BCUT2D eigenvalue weighted by molar-refractivity contribution is 0.207. The van der Waals surface area contributed by atoms with E-state index in [0.717, 1.165) is 19.4 Å². The van der Waals surface area contributed by atoms with Crippen molar-refractivity contribution in [3.63, 3.8) is 0 Å². The molecule has 22 heavy (non-hydrogen) atoms. The molecule has 2 amide bonds. The predicted molar refractivity (Wildman–Crippen MR) is 83.8 cm³/mol. The van der Waals surface area contributed by atoms with Crippen molar-refractivity contribution in [2.45, 2.75) is 31.8 Å². The number of hydrogen-bond donors (Lipinski definition) is 1. The molecule has 1 aliphatic heterocycles. The second-order valence-electron chi connectivity index (χ2n) is 5.51. The third kappa shape index (κ3) is 3.39. The summed E-state index contributed by atoms with van der Waals surface area (Å²) in [6, 6.07) is 1.88. The Bertz CT molecular complexity index is 599. The number of nitriles is 1. The highest BCUT2D eigenvalue weighted by Gasteiger charge is 2.30. The van der Waals surface area contributed by atoms with E-state index in [4.69, 9.17) is 16.9 Å². The zero-order valence-electron chi connectivity index (χ0n) is 12.9. The smallest absolute Gasteiger partial charge is 0.317 e. The summed E-state index contributed by atoms with van der Waals surface area (Å²) in [6.07, 6.45) is 3.40. The zero-order chi connectivity index (χ0) is 16.3. The lowest BCUT2D eigenvalue weighted by Crippen LogP contribution is -2.56. The van der Waals surface area contributed by atoms with Gasteiger partial charge in [0.2, 0.25) is 0 Å². The maximum atomic E-state index is 11.8. The van der Waals surface area contributed by atoms with Crippen molar-refractivity contribution in [3.05, 3.63) is 17.0 Å². The molecule has 0 saturated carbocycles. The second-order valence-corrected chi connectivity index (χ2v) is 5.86. The van der Waals surface area contributed by atoms with Gasteiger partial charge in [0.25, 0.3) is 0 Å². The lowest BCUT2D eigenvalue weighted by Gasteiger charge is -2.40. The monoisotopic (exact) mass is 322 g/mol. The highest BCUT2D eigenvalue weighted by atomic mass is 35.5. The van der Waals surface area contributed by atoms with Gasteiger partial charge in [0, 0.05) is 26.7 Å². The number of amides is 2. The van der Waals surface area contributed by atoms with Crippen LogP contribution in [-0.4, -0.2) is 53.6 Å². The highest BCUT2D eigenvalue weighted by molar-refractivity contribution is 6.30. The molecule has 1 fully saturated rings. The van der Waals surface area contributed by atoms with Crippen molar-refractivity contribution in [3.8, 4) is 6.07 Å². The van der Waals surface area contributed by atoms with E-state index < -0.39 is 0 Å². The molecule has 1 N–H and O–H groups in total. The van der Waals surface area contributed by atoms with Gasteiger partial charge < -0.3 is 15.1 Å². The van der Waals surface area contributed by atoms with Crippen LogP contribution in [0.1, 0.15) is 25.5 Å². The Hall–Kier alpha value is -2.07. The van der Waals surface area contributed by atoms with Gasteiger partial charge in [0.15, 0.2) is 10.8 Å². The van der Waals surface area contributed by atoms with E-state index in [0.29, 0.717) is 5.82 Å². The molecule has 0 aliphatic carbocycles. The van der Waals surface area contributed by atoms with E-state index in [1.54, 1.807) is 20.3 Å². The van der Waals surface area contributed by atoms with Crippen LogP contribution in [0.5, 0.6) is 0 Å². The zero-order valence-corrected chi connectivity index (χ0v) is 13.6. The molecule has 1 aromatic heterocycles. The molecule has 118 valence electrons.